The normalized spacial score (nSPS) is 10.4. The van der Waals surface area contributed by atoms with Crippen LogP contribution in [-0.4, -0.2) is 23.2 Å². The van der Waals surface area contributed by atoms with E-state index < -0.39 is 0 Å². The van der Waals surface area contributed by atoms with Crippen molar-refractivity contribution in [2.75, 3.05) is 13.2 Å². The molecule has 0 aliphatic carbocycles. The molecule has 3 nitrogen and oxygen atoms in total. The second-order valence-corrected chi connectivity index (χ2v) is 3.10. The maximum Gasteiger partial charge on any atom is 0.223 e. The third-order valence-electron chi connectivity index (χ3n) is 1.50. The summed E-state index contributed by atoms with van der Waals surface area (Å²) in [5.41, 5.74) is 0.861. The lowest BCUT2D eigenvalue weighted by Crippen LogP contribution is -2.00. The average Bonchev–Trinajstić information content (AvgIpc) is 2.09. The summed E-state index contributed by atoms with van der Waals surface area (Å²) in [5.74, 6) is 0. The van der Waals surface area contributed by atoms with Gasteiger partial charge in [-0.3, -0.25) is 0 Å². The number of aromatic nitrogens is 2. The molecule has 13 heavy (non-hydrogen) atoms. The van der Waals surface area contributed by atoms with Crippen molar-refractivity contribution in [3.8, 4) is 0 Å². The number of nitrogens with zero attached hydrogens (tertiary/aromatic N) is 2. The Morgan fingerprint density at radius 1 is 1.46 bits per heavy atom. The number of rotatable bonds is 4. The van der Waals surface area contributed by atoms with Crippen LogP contribution >= 0.6 is 23.2 Å². The Balaban J connectivity index is 2.56. The molecule has 1 aromatic heterocycles. The third kappa shape index (κ3) is 3.46. The van der Waals surface area contributed by atoms with Gasteiger partial charge in [-0.2, -0.15) is 0 Å². The number of hydrogen-bond donors (Lipinski definition) is 0. The van der Waals surface area contributed by atoms with Gasteiger partial charge in [-0.15, -0.1) is 0 Å². The Hall–Kier alpha value is -0.380. The monoisotopic (exact) mass is 220 g/mol. The van der Waals surface area contributed by atoms with Gasteiger partial charge in [-0.1, -0.05) is 11.6 Å². The van der Waals surface area contributed by atoms with E-state index in [0.29, 0.717) is 24.8 Å². The SMILES string of the molecule is CCOCCc1cnc(Cl)nc1Cl. The van der Waals surface area contributed by atoms with E-state index in [4.69, 9.17) is 27.9 Å². The van der Waals surface area contributed by atoms with Crippen LogP contribution in [-0.2, 0) is 11.2 Å². The van der Waals surface area contributed by atoms with Gasteiger partial charge in [0.1, 0.15) is 5.15 Å². The highest BCUT2D eigenvalue weighted by atomic mass is 35.5. The smallest absolute Gasteiger partial charge is 0.223 e. The molecule has 1 heterocycles. The van der Waals surface area contributed by atoms with Crippen molar-refractivity contribution < 1.29 is 4.74 Å². The first-order valence-corrected chi connectivity index (χ1v) is 4.74. The molecule has 0 bridgehead atoms. The Bertz CT molecular complexity index is 281. The molecule has 0 saturated carbocycles. The molecule has 0 saturated heterocycles. The maximum atomic E-state index is 5.82. The van der Waals surface area contributed by atoms with Crippen molar-refractivity contribution in [2.24, 2.45) is 0 Å². The standard InChI is InChI=1S/C8H10Cl2N2O/c1-2-13-4-3-6-5-11-8(10)12-7(6)9/h5H,2-4H2,1H3. The van der Waals surface area contributed by atoms with E-state index >= 15 is 0 Å². The molecule has 0 radical (unpaired) electrons. The molecule has 0 aliphatic rings. The summed E-state index contributed by atoms with van der Waals surface area (Å²) in [5, 5.41) is 0.574. The zero-order chi connectivity index (χ0) is 9.68. The summed E-state index contributed by atoms with van der Waals surface area (Å²) in [6.45, 7) is 3.27. The van der Waals surface area contributed by atoms with Crippen molar-refractivity contribution in [1.29, 1.82) is 0 Å². The summed E-state index contributed by atoms with van der Waals surface area (Å²) < 4.78 is 5.18. The predicted molar refractivity (Wildman–Crippen MR) is 52.2 cm³/mol. The molecule has 0 atom stereocenters. The van der Waals surface area contributed by atoms with Gasteiger partial charge in [0.25, 0.3) is 0 Å². The van der Waals surface area contributed by atoms with E-state index in [0.717, 1.165) is 5.56 Å². The lowest BCUT2D eigenvalue weighted by molar-refractivity contribution is 0.151. The molecule has 0 spiro atoms. The van der Waals surface area contributed by atoms with E-state index in [-0.39, 0.29) is 5.28 Å². The topological polar surface area (TPSA) is 35.0 Å². The molecular weight excluding hydrogens is 211 g/mol. The van der Waals surface area contributed by atoms with Gasteiger partial charge in [-0.05, 0) is 18.5 Å². The molecule has 1 rings (SSSR count). The lowest BCUT2D eigenvalue weighted by Gasteiger charge is -2.02. The lowest BCUT2D eigenvalue weighted by atomic mass is 10.2. The summed E-state index contributed by atoms with van der Waals surface area (Å²) in [7, 11) is 0. The molecule has 1 aromatic rings. The van der Waals surface area contributed by atoms with Gasteiger partial charge in [0, 0.05) is 24.8 Å². The number of halogens is 2. The predicted octanol–water partition coefficient (Wildman–Crippen LogP) is 2.36. The minimum Gasteiger partial charge on any atom is -0.381 e. The van der Waals surface area contributed by atoms with Crippen LogP contribution in [0.2, 0.25) is 10.4 Å². The van der Waals surface area contributed by atoms with E-state index in [2.05, 4.69) is 9.97 Å². The molecule has 0 amide bonds. The Kier molecular flexibility index (Phi) is 4.42. The van der Waals surface area contributed by atoms with Crippen molar-refractivity contribution >= 4 is 23.2 Å². The molecule has 0 fully saturated rings. The van der Waals surface area contributed by atoms with Gasteiger partial charge in [0.05, 0.1) is 6.61 Å². The van der Waals surface area contributed by atoms with Gasteiger partial charge >= 0.3 is 0 Å². The molecule has 0 aliphatic heterocycles. The first-order chi connectivity index (χ1) is 6.24. The minimum atomic E-state index is 0.171. The van der Waals surface area contributed by atoms with E-state index in [9.17, 15) is 0 Å². The highest BCUT2D eigenvalue weighted by Gasteiger charge is 2.02. The van der Waals surface area contributed by atoms with E-state index in [1.165, 1.54) is 0 Å². The Morgan fingerprint density at radius 3 is 2.85 bits per heavy atom. The fourth-order valence-corrected chi connectivity index (χ4v) is 1.26. The van der Waals surface area contributed by atoms with Gasteiger partial charge in [0.15, 0.2) is 0 Å². The molecule has 5 heteroatoms. The first kappa shape index (κ1) is 10.7. The van der Waals surface area contributed by atoms with Crippen LogP contribution < -0.4 is 0 Å². The highest BCUT2D eigenvalue weighted by Crippen LogP contribution is 2.14. The fourth-order valence-electron chi connectivity index (χ4n) is 0.860. The number of hydrogen-bond acceptors (Lipinski definition) is 3. The maximum absolute atomic E-state index is 5.82. The summed E-state index contributed by atoms with van der Waals surface area (Å²) in [6, 6.07) is 0. The Labute approximate surface area is 87.1 Å². The minimum absolute atomic E-state index is 0.171. The van der Waals surface area contributed by atoms with E-state index in [1.54, 1.807) is 6.20 Å². The van der Waals surface area contributed by atoms with Crippen LogP contribution in [0.1, 0.15) is 12.5 Å². The van der Waals surface area contributed by atoms with Crippen molar-refractivity contribution in [2.45, 2.75) is 13.3 Å². The third-order valence-corrected chi connectivity index (χ3v) is 2.01. The Morgan fingerprint density at radius 2 is 2.23 bits per heavy atom. The second-order valence-electron chi connectivity index (χ2n) is 2.40. The summed E-state index contributed by atoms with van der Waals surface area (Å²) in [6.07, 6.45) is 2.33. The molecule has 72 valence electrons. The quantitative estimate of drug-likeness (QED) is 0.444. The first-order valence-electron chi connectivity index (χ1n) is 3.98. The zero-order valence-electron chi connectivity index (χ0n) is 7.26. The van der Waals surface area contributed by atoms with Crippen LogP contribution in [0, 0.1) is 0 Å². The molecule has 0 unspecified atom stereocenters. The van der Waals surface area contributed by atoms with Crippen molar-refractivity contribution in [1.82, 2.24) is 9.97 Å². The molecule has 0 N–H and O–H groups in total. The van der Waals surface area contributed by atoms with E-state index in [1.807, 2.05) is 6.92 Å². The van der Waals surface area contributed by atoms with Crippen LogP contribution in [0.3, 0.4) is 0 Å². The van der Waals surface area contributed by atoms with Crippen LogP contribution in [0.15, 0.2) is 6.20 Å². The highest BCUT2D eigenvalue weighted by molar-refractivity contribution is 6.32. The number of ether oxygens (including phenoxy) is 1. The van der Waals surface area contributed by atoms with Crippen LogP contribution in [0.4, 0.5) is 0 Å². The molecule has 0 aromatic carbocycles. The fraction of sp³-hybridized carbons (Fsp3) is 0.500. The van der Waals surface area contributed by atoms with Crippen molar-refractivity contribution in [3.05, 3.63) is 22.2 Å². The van der Waals surface area contributed by atoms with Crippen LogP contribution in [0.5, 0.6) is 0 Å². The van der Waals surface area contributed by atoms with Gasteiger partial charge < -0.3 is 4.74 Å². The van der Waals surface area contributed by atoms with Crippen molar-refractivity contribution in [3.63, 3.8) is 0 Å². The largest absolute Gasteiger partial charge is 0.381 e. The second kappa shape index (κ2) is 5.37. The van der Waals surface area contributed by atoms with Gasteiger partial charge in [-0.25, -0.2) is 9.97 Å². The molecular formula is C8H10Cl2N2O. The summed E-state index contributed by atoms with van der Waals surface area (Å²) in [4.78, 5) is 7.65. The summed E-state index contributed by atoms with van der Waals surface area (Å²) >= 11 is 11.4. The van der Waals surface area contributed by atoms with Gasteiger partial charge in [0.2, 0.25) is 5.28 Å². The zero-order valence-corrected chi connectivity index (χ0v) is 8.77. The average molecular weight is 221 g/mol. The van der Waals surface area contributed by atoms with Crippen LogP contribution in [0.25, 0.3) is 0 Å².